The monoisotopic (exact) mass is 229 g/mol. The number of rotatable bonds is 1. The van der Waals surface area contributed by atoms with Crippen LogP contribution >= 0.6 is 23.2 Å². The minimum atomic E-state index is 0.555. The van der Waals surface area contributed by atoms with Gasteiger partial charge in [-0.05, 0) is 30.7 Å². The lowest BCUT2D eigenvalue weighted by Gasteiger charge is -2.17. The first-order valence-electron chi connectivity index (χ1n) is 4.11. The molecule has 0 amide bonds. The van der Waals surface area contributed by atoms with Crippen molar-refractivity contribution in [1.29, 1.82) is 0 Å². The minimum Gasteiger partial charge on any atom is -0.292 e. The van der Waals surface area contributed by atoms with Crippen molar-refractivity contribution in [1.82, 2.24) is 11.0 Å². The Labute approximate surface area is 92.2 Å². The summed E-state index contributed by atoms with van der Waals surface area (Å²) in [5.41, 5.74) is 7.77. The highest BCUT2D eigenvalue weighted by Crippen LogP contribution is 2.24. The summed E-state index contributed by atoms with van der Waals surface area (Å²) in [4.78, 5) is 0. The third kappa shape index (κ3) is 1.80. The van der Waals surface area contributed by atoms with E-state index in [1.165, 1.54) is 0 Å². The van der Waals surface area contributed by atoms with Crippen LogP contribution in [0.2, 0.25) is 5.02 Å². The van der Waals surface area contributed by atoms with Gasteiger partial charge >= 0.3 is 0 Å². The van der Waals surface area contributed by atoms with Crippen molar-refractivity contribution in [2.24, 2.45) is 0 Å². The highest BCUT2D eigenvalue weighted by molar-refractivity contribution is 6.30. The Bertz CT molecular complexity index is 390. The molecule has 1 aliphatic heterocycles. The van der Waals surface area contributed by atoms with E-state index in [-0.39, 0.29) is 0 Å². The molecule has 0 saturated heterocycles. The van der Waals surface area contributed by atoms with Gasteiger partial charge in [-0.25, -0.2) is 0 Å². The van der Waals surface area contributed by atoms with Crippen LogP contribution in [0.4, 0.5) is 5.69 Å². The fraction of sp³-hybridized carbons (Fsp3) is 0.111. The van der Waals surface area contributed by atoms with E-state index in [1.54, 1.807) is 11.2 Å². The summed E-state index contributed by atoms with van der Waals surface area (Å²) in [7, 11) is 0. The molecule has 1 aromatic rings. The van der Waals surface area contributed by atoms with Gasteiger partial charge in [0.2, 0.25) is 0 Å². The predicted molar refractivity (Wildman–Crippen MR) is 58.9 cm³/mol. The number of hydrogen-bond donors (Lipinski definition) is 2. The van der Waals surface area contributed by atoms with Crippen molar-refractivity contribution in [3.8, 4) is 0 Å². The summed E-state index contributed by atoms with van der Waals surface area (Å²) in [5.74, 6) is 0. The third-order valence-electron chi connectivity index (χ3n) is 1.96. The molecule has 0 spiro atoms. The van der Waals surface area contributed by atoms with E-state index >= 15 is 0 Å². The Morgan fingerprint density at radius 3 is 2.64 bits per heavy atom. The van der Waals surface area contributed by atoms with Gasteiger partial charge in [0.1, 0.15) is 5.16 Å². The molecule has 5 heteroatoms. The van der Waals surface area contributed by atoms with E-state index in [1.807, 2.05) is 25.1 Å². The zero-order chi connectivity index (χ0) is 10.1. The molecule has 0 fully saturated rings. The lowest BCUT2D eigenvalue weighted by atomic mass is 10.2. The van der Waals surface area contributed by atoms with Crippen LogP contribution in [0, 0.1) is 6.92 Å². The summed E-state index contributed by atoms with van der Waals surface area (Å²) in [6.45, 7) is 1.99. The molecule has 0 atom stereocenters. The number of nitrogens with one attached hydrogen (secondary N) is 2. The molecule has 2 rings (SSSR count). The lowest BCUT2D eigenvalue weighted by molar-refractivity contribution is 0.673. The molecule has 2 N–H and O–H groups in total. The lowest BCUT2D eigenvalue weighted by Crippen LogP contribution is -2.36. The van der Waals surface area contributed by atoms with Crippen molar-refractivity contribution < 1.29 is 0 Å². The summed E-state index contributed by atoms with van der Waals surface area (Å²) in [5, 5.41) is 3.08. The topological polar surface area (TPSA) is 27.3 Å². The normalized spacial score (nSPS) is 15.4. The Morgan fingerprint density at radius 2 is 2.07 bits per heavy atom. The number of aryl methyl sites for hydroxylation is 1. The second kappa shape index (κ2) is 3.69. The molecule has 1 heterocycles. The summed E-state index contributed by atoms with van der Waals surface area (Å²) in [6.07, 6.45) is 1.76. The zero-order valence-corrected chi connectivity index (χ0v) is 9.02. The maximum absolute atomic E-state index is 5.86. The quantitative estimate of drug-likeness (QED) is 0.726. The van der Waals surface area contributed by atoms with E-state index in [9.17, 15) is 0 Å². The van der Waals surface area contributed by atoms with E-state index in [2.05, 4.69) is 11.0 Å². The van der Waals surface area contributed by atoms with E-state index < -0.39 is 0 Å². The average Bonchev–Trinajstić information content (AvgIpc) is 2.51. The van der Waals surface area contributed by atoms with Crippen LogP contribution in [0.15, 0.2) is 29.6 Å². The minimum absolute atomic E-state index is 0.555. The van der Waals surface area contributed by atoms with E-state index in [4.69, 9.17) is 23.2 Å². The van der Waals surface area contributed by atoms with E-state index in [0.29, 0.717) is 5.16 Å². The first-order chi connectivity index (χ1) is 6.66. The van der Waals surface area contributed by atoms with Crippen LogP contribution in [-0.4, -0.2) is 0 Å². The van der Waals surface area contributed by atoms with Crippen LogP contribution in [0.3, 0.4) is 0 Å². The molecule has 0 saturated carbocycles. The maximum Gasteiger partial charge on any atom is 0.135 e. The Morgan fingerprint density at radius 1 is 1.29 bits per heavy atom. The van der Waals surface area contributed by atoms with Crippen molar-refractivity contribution in [2.45, 2.75) is 6.92 Å². The molecule has 0 aliphatic carbocycles. The van der Waals surface area contributed by atoms with E-state index in [0.717, 1.165) is 16.3 Å². The van der Waals surface area contributed by atoms with Crippen LogP contribution < -0.4 is 16.0 Å². The molecule has 74 valence electrons. The molecule has 14 heavy (non-hydrogen) atoms. The molecule has 0 unspecified atom stereocenters. The molecule has 0 aromatic heterocycles. The van der Waals surface area contributed by atoms with Crippen molar-refractivity contribution >= 4 is 28.9 Å². The SMILES string of the molecule is Cc1cc(Cl)ccc1N1C=C(Cl)NN1. The van der Waals surface area contributed by atoms with Gasteiger partial charge < -0.3 is 0 Å². The summed E-state index contributed by atoms with van der Waals surface area (Å²) in [6, 6.07) is 5.67. The van der Waals surface area contributed by atoms with Gasteiger partial charge in [0.15, 0.2) is 0 Å². The van der Waals surface area contributed by atoms with Crippen molar-refractivity contribution in [2.75, 3.05) is 5.01 Å². The van der Waals surface area contributed by atoms with Crippen molar-refractivity contribution in [3.05, 3.63) is 40.1 Å². The predicted octanol–water partition coefficient (Wildman–Crippen LogP) is 2.52. The number of hydrazine groups is 2. The second-order valence-electron chi connectivity index (χ2n) is 3.01. The van der Waals surface area contributed by atoms with Crippen LogP contribution in [0.1, 0.15) is 5.56 Å². The molecular formula is C9H9Cl2N3. The molecule has 0 bridgehead atoms. The summed E-state index contributed by atoms with van der Waals surface area (Å²) >= 11 is 11.6. The molecule has 0 radical (unpaired) electrons. The summed E-state index contributed by atoms with van der Waals surface area (Å²) < 4.78 is 0. The van der Waals surface area contributed by atoms with Crippen LogP contribution in [-0.2, 0) is 0 Å². The van der Waals surface area contributed by atoms with Gasteiger partial charge in [-0.2, -0.15) is 0 Å². The van der Waals surface area contributed by atoms with Gasteiger partial charge in [-0.1, -0.05) is 23.2 Å². The zero-order valence-electron chi connectivity index (χ0n) is 7.51. The van der Waals surface area contributed by atoms with Gasteiger partial charge in [-0.15, -0.1) is 5.53 Å². The first-order valence-corrected chi connectivity index (χ1v) is 4.87. The molecular weight excluding hydrogens is 221 g/mol. The van der Waals surface area contributed by atoms with Crippen LogP contribution in [0.25, 0.3) is 0 Å². The van der Waals surface area contributed by atoms with Gasteiger partial charge in [0.05, 0.1) is 11.9 Å². The average molecular weight is 230 g/mol. The van der Waals surface area contributed by atoms with Crippen molar-refractivity contribution in [3.63, 3.8) is 0 Å². The number of halogens is 2. The Kier molecular flexibility index (Phi) is 2.54. The first kappa shape index (κ1) is 9.65. The number of hydrogen-bond acceptors (Lipinski definition) is 3. The number of anilines is 1. The van der Waals surface area contributed by atoms with Gasteiger partial charge in [-0.3, -0.25) is 10.4 Å². The second-order valence-corrected chi connectivity index (χ2v) is 3.86. The standard InChI is InChI=1S/C9H9Cl2N3/c1-6-4-7(10)2-3-8(6)14-5-9(11)12-13-14/h2-5,12-13H,1H3. The highest BCUT2D eigenvalue weighted by atomic mass is 35.5. The Balaban J connectivity index is 2.33. The largest absolute Gasteiger partial charge is 0.292 e. The van der Waals surface area contributed by atoms with Gasteiger partial charge in [0, 0.05) is 5.02 Å². The fourth-order valence-electron chi connectivity index (χ4n) is 1.31. The number of benzene rings is 1. The van der Waals surface area contributed by atoms with Gasteiger partial charge in [0.25, 0.3) is 0 Å². The number of nitrogens with zero attached hydrogens (tertiary/aromatic N) is 1. The molecule has 3 nitrogen and oxygen atoms in total. The third-order valence-corrected chi connectivity index (χ3v) is 2.38. The molecule has 1 aromatic carbocycles. The maximum atomic E-state index is 5.86. The highest BCUT2D eigenvalue weighted by Gasteiger charge is 2.12. The molecule has 1 aliphatic rings. The smallest absolute Gasteiger partial charge is 0.135 e. The fourth-order valence-corrected chi connectivity index (χ4v) is 1.68. The Hall–Kier alpha value is -0.900. The van der Waals surface area contributed by atoms with Crippen LogP contribution in [0.5, 0.6) is 0 Å².